The highest BCUT2D eigenvalue weighted by molar-refractivity contribution is 7.16. The van der Waals surface area contributed by atoms with Gasteiger partial charge in [0.05, 0.1) is 27.3 Å². The number of fused-ring (bicyclic) bond motifs is 3. The molecule has 2 aromatic carbocycles. The second-order valence-corrected chi connectivity index (χ2v) is 9.66. The molecule has 2 aromatic heterocycles. The molecule has 1 unspecified atom stereocenters. The number of nitrogens with zero attached hydrogens (tertiary/aromatic N) is 2. The van der Waals surface area contributed by atoms with Crippen LogP contribution in [0.4, 0.5) is 0 Å². The Labute approximate surface area is 207 Å². The molecule has 0 spiro atoms. The summed E-state index contributed by atoms with van der Waals surface area (Å²) < 4.78 is 12.9. The molecule has 4 aromatic rings. The molecular weight excluding hydrogens is 462 g/mol. The van der Waals surface area contributed by atoms with E-state index in [1.54, 1.807) is 30.5 Å². The van der Waals surface area contributed by atoms with Crippen LogP contribution < -0.4 is 14.8 Å². The number of thiophene rings is 1. The summed E-state index contributed by atoms with van der Waals surface area (Å²) in [5.41, 5.74) is 1.18. The van der Waals surface area contributed by atoms with E-state index in [2.05, 4.69) is 5.32 Å². The van der Waals surface area contributed by atoms with Crippen LogP contribution in [-0.4, -0.2) is 41.0 Å². The predicted octanol–water partition coefficient (Wildman–Crippen LogP) is 4.45. The van der Waals surface area contributed by atoms with Gasteiger partial charge in [0, 0.05) is 23.1 Å². The number of nitrogens with one attached hydrogen (secondary N) is 1. The van der Waals surface area contributed by atoms with Crippen LogP contribution in [0.15, 0.2) is 66.0 Å². The zero-order valence-corrected chi connectivity index (χ0v) is 20.7. The number of benzene rings is 2. The number of carbonyl (C=O) groups is 2. The Kier molecular flexibility index (Phi) is 5.98. The summed E-state index contributed by atoms with van der Waals surface area (Å²) in [5.74, 6) is 0.978. The lowest BCUT2D eigenvalue weighted by molar-refractivity contribution is -0.133. The summed E-state index contributed by atoms with van der Waals surface area (Å²) >= 11 is 1.57. The number of aromatic nitrogens is 1. The number of hydrogen-bond acceptors (Lipinski definition) is 5. The lowest BCUT2D eigenvalue weighted by atomic mass is 9.93. The smallest absolute Gasteiger partial charge is 0.271 e. The molecule has 0 radical (unpaired) electrons. The van der Waals surface area contributed by atoms with Crippen LogP contribution in [0.3, 0.4) is 0 Å². The minimum absolute atomic E-state index is 0.180. The number of rotatable bonds is 7. The van der Waals surface area contributed by atoms with E-state index in [0.717, 1.165) is 21.3 Å². The Morgan fingerprint density at radius 1 is 1.03 bits per heavy atom. The molecule has 0 aliphatic carbocycles. The Hall–Kier alpha value is -3.78. The lowest BCUT2D eigenvalue weighted by Gasteiger charge is -2.44. The number of ether oxygens (including phenoxy) is 2. The Bertz CT molecular complexity index is 1410. The van der Waals surface area contributed by atoms with Gasteiger partial charge in [-0.05, 0) is 36.6 Å². The summed E-state index contributed by atoms with van der Waals surface area (Å²) in [4.78, 5) is 30.3. The van der Waals surface area contributed by atoms with Crippen molar-refractivity contribution in [2.24, 2.45) is 0 Å². The van der Waals surface area contributed by atoms with Crippen LogP contribution >= 0.6 is 11.3 Å². The van der Waals surface area contributed by atoms with Crippen LogP contribution in [0.25, 0.3) is 10.2 Å². The van der Waals surface area contributed by atoms with Gasteiger partial charge in [0.2, 0.25) is 5.91 Å². The predicted molar refractivity (Wildman–Crippen MR) is 136 cm³/mol. The van der Waals surface area contributed by atoms with Gasteiger partial charge in [-0.3, -0.25) is 9.59 Å². The van der Waals surface area contributed by atoms with E-state index in [0.29, 0.717) is 30.3 Å². The van der Waals surface area contributed by atoms with Gasteiger partial charge in [0.25, 0.3) is 5.91 Å². The molecular formula is C27H27N3O4S. The number of methoxy groups -OCH3 is 2. The number of carbonyl (C=O) groups excluding carboxylic acids is 2. The normalized spacial score (nSPS) is 17.3. The highest BCUT2D eigenvalue weighted by atomic mass is 32.1. The van der Waals surface area contributed by atoms with Gasteiger partial charge in [-0.1, -0.05) is 36.4 Å². The van der Waals surface area contributed by atoms with Crippen LogP contribution in [0.5, 0.6) is 11.5 Å². The summed E-state index contributed by atoms with van der Waals surface area (Å²) in [5, 5.41) is 6.07. The fourth-order valence-corrected chi connectivity index (χ4v) is 5.62. The Morgan fingerprint density at radius 2 is 1.69 bits per heavy atom. The largest absolute Gasteiger partial charge is 0.496 e. The molecule has 0 fully saturated rings. The molecule has 35 heavy (non-hydrogen) atoms. The first-order valence-corrected chi connectivity index (χ1v) is 12.2. The quantitative estimate of drug-likeness (QED) is 0.416. The van der Waals surface area contributed by atoms with Crippen molar-refractivity contribution in [2.45, 2.75) is 32.1 Å². The third-order valence-electron chi connectivity index (χ3n) is 6.67. The highest BCUT2D eigenvalue weighted by Gasteiger charge is 2.48. The van der Waals surface area contributed by atoms with Crippen molar-refractivity contribution < 1.29 is 19.1 Å². The summed E-state index contributed by atoms with van der Waals surface area (Å²) in [6, 6.07) is 19.1. The third kappa shape index (κ3) is 3.93. The van der Waals surface area contributed by atoms with E-state index < -0.39 is 5.54 Å². The minimum atomic E-state index is -1.12. The Morgan fingerprint density at radius 3 is 2.40 bits per heavy atom. The molecule has 0 saturated carbocycles. The zero-order valence-electron chi connectivity index (χ0n) is 19.9. The molecule has 1 atom stereocenters. The van der Waals surface area contributed by atoms with Gasteiger partial charge >= 0.3 is 0 Å². The summed E-state index contributed by atoms with van der Waals surface area (Å²) in [6.07, 6.45) is 0. The standard InChI is InChI=1S/C27H27N3O4S/c1-27(26(32)28-15-19-8-4-6-10-22(19)33-2)17-29-21(14-18-12-13-35-25(18)29)24(31)30(27)16-20-9-5-7-11-23(20)34-3/h4-14H,15-17H2,1-3H3,(H,28,32). The van der Waals surface area contributed by atoms with E-state index in [9.17, 15) is 9.59 Å². The zero-order chi connectivity index (χ0) is 24.6. The molecule has 3 heterocycles. The van der Waals surface area contributed by atoms with Gasteiger partial charge in [-0.15, -0.1) is 11.3 Å². The van der Waals surface area contributed by atoms with E-state index in [1.165, 1.54) is 0 Å². The van der Waals surface area contributed by atoms with Crippen LogP contribution in [0, 0.1) is 0 Å². The van der Waals surface area contributed by atoms with Crippen molar-refractivity contribution >= 4 is 33.4 Å². The van der Waals surface area contributed by atoms with Crippen LogP contribution in [0.2, 0.25) is 0 Å². The number of para-hydroxylation sites is 2. The first-order chi connectivity index (χ1) is 17.0. The monoisotopic (exact) mass is 489 g/mol. The highest BCUT2D eigenvalue weighted by Crippen LogP contribution is 2.36. The lowest BCUT2D eigenvalue weighted by Crippen LogP contribution is -2.63. The van der Waals surface area contributed by atoms with Gasteiger partial charge < -0.3 is 24.3 Å². The van der Waals surface area contributed by atoms with Gasteiger partial charge in [0.15, 0.2) is 0 Å². The molecule has 1 N–H and O–H groups in total. The van der Waals surface area contributed by atoms with E-state index in [-0.39, 0.29) is 18.4 Å². The summed E-state index contributed by atoms with van der Waals surface area (Å²) in [6.45, 7) is 2.73. The average molecular weight is 490 g/mol. The topological polar surface area (TPSA) is 72.8 Å². The molecule has 7 nitrogen and oxygen atoms in total. The van der Waals surface area contributed by atoms with Crippen molar-refractivity contribution in [3.63, 3.8) is 0 Å². The Balaban J connectivity index is 1.52. The van der Waals surface area contributed by atoms with Crippen molar-refractivity contribution in [2.75, 3.05) is 14.2 Å². The van der Waals surface area contributed by atoms with Crippen molar-refractivity contribution in [3.8, 4) is 11.5 Å². The maximum Gasteiger partial charge on any atom is 0.271 e. The SMILES string of the molecule is COc1ccccc1CNC(=O)C1(C)Cn2c(cc3ccsc32)C(=O)N1Cc1ccccc1OC. The fourth-order valence-electron chi connectivity index (χ4n) is 4.72. The van der Waals surface area contributed by atoms with E-state index in [4.69, 9.17) is 9.47 Å². The van der Waals surface area contributed by atoms with Crippen LogP contribution in [0.1, 0.15) is 28.5 Å². The molecule has 1 aliphatic heterocycles. The van der Waals surface area contributed by atoms with Gasteiger partial charge in [-0.25, -0.2) is 0 Å². The molecule has 180 valence electrons. The molecule has 2 amide bonds. The average Bonchev–Trinajstić information content (AvgIpc) is 3.48. The first-order valence-electron chi connectivity index (χ1n) is 11.4. The maximum absolute atomic E-state index is 13.9. The second kappa shape index (κ2) is 9.11. The second-order valence-electron chi connectivity index (χ2n) is 8.77. The van der Waals surface area contributed by atoms with Crippen molar-refractivity contribution in [1.82, 2.24) is 14.8 Å². The van der Waals surface area contributed by atoms with E-state index in [1.807, 2.05) is 77.5 Å². The molecule has 0 saturated heterocycles. The molecule has 8 heteroatoms. The molecule has 0 bridgehead atoms. The van der Waals surface area contributed by atoms with Crippen LogP contribution in [-0.2, 0) is 24.4 Å². The number of amides is 2. The van der Waals surface area contributed by atoms with Gasteiger partial charge in [0.1, 0.15) is 27.6 Å². The van der Waals surface area contributed by atoms with Crippen molar-refractivity contribution in [1.29, 1.82) is 0 Å². The maximum atomic E-state index is 13.9. The minimum Gasteiger partial charge on any atom is -0.496 e. The molecule has 5 rings (SSSR count). The van der Waals surface area contributed by atoms with E-state index >= 15 is 0 Å². The van der Waals surface area contributed by atoms with Crippen molar-refractivity contribution in [3.05, 3.63) is 82.9 Å². The summed E-state index contributed by atoms with van der Waals surface area (Å²) in [7, 11) is 3.21. The fraction of sp³-hybridized carbons (Fsp3) is 0.259. The third-order valence-corrected chi connectivity index (χ3v) is 7.62. The van der Waals surface area contributed by atoms with Gasteiger partial charge in [-0.2, -0.15) is 0 Å². The first kappa shape index (κ1) is 23.0. The molecule has 1 aliphatic rings. The number of hydrogen-bond donors (Lipinski definition) is 1.